The van der Waals surface area contributed by atoms with Gasteiger partial charge in [-0.2, -0.15) is 0 Å². The monoisotopic (exact) mass is 981 g/mol. The Balaban J connectivity index is 1.01. The standard InChI is InChI=1S/C55H96O14/c1-22-21-42-56-35(14)43(22)64-50-30(9)24(3)45(37(16)58-50)66-52-32(11)26(5)47(39(18)60-52)68-54-34(13)28(7)49(41(20)62-54)69-55-33(12)27(6)48(40(19)61-55)67-53-31(10)25(4)46(38(17)59-53)65-51-29(8)23(2)44(63-42)36(15)57-51/h22-55H,21H2,1-20H3/t22-,23-,24-,25-,26-,27-,28-,29?,30?,31?,32?,33?,34?,35?,36?,37?,38?,39?,40?,41?,42-,43-,44-,45-,46-,47-,48-,49-,50-,51+,52+,53+,54+,55+/m1/s1. The van der Waals surface area contributed by atoms with Gasteiger partial charge in [0.1, 0.15) is 0 Å². The Labute approximate surface area is 416 Å². The van der Waals surface area contributed by atoms with Crippen molar-refractivity contribution >= 4 is 0 Å². The van der Waals surface area contributed by atoms with E-state index in [-0.39, 0.29) is 169 Å². The van der Waals surface area contributed by atoms with Crippen molar-refractivity contribution in [3.63, 3.8) is 0 Å². The van der Waals surface area contributed by atoms with Crippen LogP contribution in [-0.4, -0.2) is 129 Å². The van der Waals surface area contributed by atoms with Crippen molar-refractivity contribution < 1.29 is 66.3 Å². The lowest BCUT2D eigenvalue weighted by atomic mass is 9.81. The normalized spacial score (nSPS) is 59.3. The molecule has 34 atom stereocenters. The van der Waals surface area contributed by atoms with E-state index < -0.39 is 37.7 Å². The highest BCUT2D eigenvalue weighted by atomic mass is 16.8. The maximum atomic E-state index is 6.97. The molecule has 14 nitrogen and oxygen atoms in total. The van der Waals surface area contributed by atoms with Crippen LogP contribution in [0.3, 0.4) is 0 Å². The smallest absolute Gasteiger partial charge is 0.161 e. The summed E-state index contributed by atoms with van der Waals surface area (Å²) in [5.41, 5.74) is 0. The topological polar surface area (TPSA) is 129 Å². The summed E-state index contributed by atoms with van der Waals surface area (Å²) >= 11 is 0. The summed E-state index contributed by atoms with van der Waals surface area (Å²) in [6.45, 7) is 43.7. The molecule has 14 heteroatoms. The maximum absolute atomic E-state index is 6.97. The fourth-order valence-corrected chi connectivity index (χ4v) is 13.4. The summed E-state index contributed by atoms with van der Waals surface area (Å²) in [6, 6.07) is 0. The Morgan fingerprint density at radius 3 is 0.594 bits per heavy atom. The highest BCUT2D eigenvalue weighted by Crippen LogP contribution is 2.46. The second kappa shape index (κ2) is 22.0. The Kier molecular flexibility index (Phi) is 17.4. The van der Waals surface area contributed by atoms with Crippen LogP contribution >= 0.6 is 0 Å². The van der Waals surface area contributed by atoms with Gasteiger partial charge in [-0.1, -0.05) is 90.0 Å². The van der Waals surface area contributed by atoms with E-state index in [1.807, 2.05) is 0 Å². The van der Waals surface area contributed by atoms with Crippen LogP contribution in [-0.2, 0) is 66.3 Å². The van der Waals surface area contributed by atoms with E-state index in [0.29, 0.717) is 6.42 Å². The molecule has 21 aliphatic rings. The third-order valence-electron chi connectivity index (χ3n) is 19.5. The van der Waals surface area contributed by atoms with E-state index >= 15 is 0 Å². The minimum atomic E-state index is -0.418. The first-order valence-corrected chi connectivity index (χ1v) is 27.6. The molecule has 21 aliphatic heterocycles. The molecule has 0 aromatic heterocycles. The molecule has 0 amide bonds. The van der Waals surface area contributed by atoms with Crippen LogP contribution in [0.15, 0.2) is 0 Å². The van der Waals surface area contributed by atoms with Crippen molar-refractivity contribution in [2.24, 2.45) is 76.9 Å². The van der Waals surface area contributed by atoms with Gasteiger partial charge >= 0.3 is 0 Å². The van der Waals surface area contributed by atoms with Gasteiger partial charge in [0.15, 0.2) is 44.0 Å². The molecule has 0 aromatic rings. The third kappa shape index (κ3) is 10.8. The van der Waals surface area contributed by atoms with Gasteiger partial charge in [-0.05, 0) is 89.9 Å². The van der Waals surface area contributed by atoms with E-state index in [4.69, 9.17) is 66.3 Å². The molecule has 400 valence electrons. The lowest BCUT2D eigenvalue weighted by Crippen LogP contribution is -2.59. The summed E-state index contributed by atoms with van der Waals surface area (Å²) in [5, 5.41) is 0. The molecule has 21 fully saturated rings. The summed E-state index contributed by atoms with van der Waals surface area (Å²) < 4.78 is 95.7. The van der Waals surface area contributed by atoms with Gasteiger partial charge in [0.2, 0.25) is 0 Å². The second-order valence-corrected chi connectivity index (χ2v) is 24.3. The van der Waals surface area contributed by atoms with Crippen LogP contribution in [0.5, 0.6) is 0 Å². The SMILES string of the molecule is CC1[C@H]2OC(C)[C@H](O[C@@H]3C[C@@H](C)[C@@H](O[C@H]4OC(C)[C@H](O[C@@H]5OC(C)[C@H](O[C@@H]6OC(C)[C@H](O[C@@H]7OC(C)[C@H](O[C@@H]8OC(C)[C@H](O2)[C@H](C)C8C)[C@H](C)C7C)[C@H](C)C6C)[C@H](C)C5C)[C@H](C)C4C)C(C)O3)[C@@H]1C. The molecule has 69 heavy (non-hydrogen) atoms. The van der Waals surface area contributed by atoms with Crippen LogP contribution < -0.4 is 0 Å². The highest BCUT2D eigenvalue weighted by Gasteiger charge is 2.54. The molecule has 14 bridgehead atoms. The summed E-state index contributed by atoms with van der Waals surface area (Å²) in [7, 11) is 0. The average Bonchev–Trinajstić information content (AvgIpc) is 3.29. The number of hydrogen-bond donors (Lipinski definition) is 0. The molecule has 21 saturated heterocycles. The average molecular weight is 981 g/mol. The van der Waals surface area contributed by atoms with Gasteiger partial charge in [0.25, 0.3) is 0 Å². The van der Waals surface area contributed by atoms with Gasteiger partial charge in [-0.25, -0.2) is 0 Å². The first kappa shape index (κ1) is 54.7. The molecular formula is C55H96O14. The zero-order valence-electron chi connectivity index (χ0n) is 46.1. The van der Waals surface area contributed by atoms with Gasteiger partial charge in [-0.3, -0.25) is 0 Å². The third-order valence-corrected chi connectivity index (χ3v) is 19.5. The molecule has 0 saturated carbocycles. The van der Waals surface area contributed by atoms with E-state index in [1.165, 1.54) is 0 Å². The fourth-order valence-electron chi connectivity index (χ4n) is 13.4. The molecule has 0 aliphatic carbocycles. The summed E-state index contributed by atoms with van der Waals surface area (Å²) in [4.78, 5) is 0. The number of ether oxygens (including phenoxy) is 14. The van der Waals surface area contributed by atoms with Crippen molar-refractivity contribution in [1.82, 2.24) is 0 Å². The summed E-state index contributed by atoms with van der Waals surface area (Å²) in [5.74, 6) is 1.40. The van der Waals surface area contributed by atoms with Crippen molar-refractivity contribution in [3.8, 4) is 0 Å². The Morgan fingerprint density at radius 1 is 0.188 bits per heavy atom. The maximum Gasteiger partial charge on any atom is 0.161 e. The van der Waals surface area contributed by atoms with E-state index in [9.17, 15) is 0 Å². The van der Waals surface area contributed by atoms with Crippen LogP contribution in [0.2, 0.25) is 0 Å². The highest BCUT2D eigenvalue weighted by molar-refractivity contribution is 4.95. The fraction of sp³-hybridized carbons (Fsp3) is 1.00. The summed E-state index contributed by atoms with van der Waals surface area (Å²) in [6.07, 6.45) is -4.92. The van der Waals surface area contributed by atoms with E-state index in [1.54, 1.807) is 0 Å². The van der Waals surface area contributed by atoms with Crippen LogP contribution in [0.1, 0.15) is 145 Å². The predicted molar refractivity (Wildman–Crippen MR) is 258 cm³/mol. The molecule has 0 spiro atoms. The number of rotatable bonds is 0. The molecule has 0 aromatic carbocycles. The predicted octanol–water partition coefficient (Wildman–Crippen LogP) is 9.57. The first-order chi connectivity index (χ1) is 32.5. The largest absolute Gasteiger partial charge is 0.347 e. The zero-order chi connectivity index (χ0) is 50.2. The molecule has 21 rings (SSSR count). The second-order valence-electron chi connectivity index (χ2n) is 24.3. The van der Waals surface area contributed by atoms with Crippen molar-refractivity contribution in [2.45, 2.75) is 274 Å². The molecular weight excluding hydrogens is 885 g/mol. The lowest BCUT2D eigenvalue weighted by molar-refractivity contribution is -0.364. The Morgan fingerprint density at radius 2 is 0.377 bits per heavy atom. The van der Waals surface area contributed by atoms with Gasteiger partial charge in [0, 0.05) is 41.9 Å². The Hall–Kier alpha value is -0.560. The van der Waals surface area contributed by atoms with Crippen molar-refractivity contribution in [1.29, 1.82) is 0 Å². The molecule has 0 N–H and O–H groups in total. The minimum Gasteiger partial charge on any atom is -0.347 e. The van der Waals surface area contributed by atoms with Gasteiger partial charge in [-0.15, -0.1) is 0 Å². The van der Waals surface area contributed by atoms with Crippen molar-refractivity contribution in [2.75, 3.05) is 0 Å². The van der Waals surface area contributed by atoms with Crippen LogP contribution in [0.25, 0.3) is 0 Å². The van der Waals surface area contributed by atoms with E-state index in [2.05, 4.69) is 138 Å². The Bertz CT molecular complexity index is 1650. The van der Waals surface area contributed by atoms with E-state index in [0.717, 1.165) is 0 Å². The molecule has 0 radical (unpaired) electrons. The number of hydrogen-bond acceptors (Lipinski definition) is 14. The van der Waals surface area contributed by atoms with Gasteiger partial charge < -0.3 is 66.3 Å². The zero-order valence-corrected chi connectivity index (χ0v) is 46.1. The molecule has 13 unspecified atom stereocenters. The minimum absolute atomic E-state index is 0.0592. The van der Waals surface area contributed by atoms with Crippen LogP contribution in [0, 0.1) is 76.9 Å². The molecule has 21 heterocycles. The first-order valence-electron chi connectivity index (χ1n) is 27.6. The quantitative estimate of drug-likeness (QED) is 0.229. The lowest BCUT2D eigenvalue weighted by Gasteiger charge is -2.51. The van der Waals surface area contributed by atoms with Crippen molar-refractivity contribution in [3.05, 3.63) is 0 Å². The van der Waals surface area contributed by atoms with Crippen LogP contribution in [0.4, 0.5) is 0 Å². The van der Waals surface area contributed by atoms with Gasteiger partial charge in [0.05, 0.1) is 85.5 Å².